The lowest BCUT2D eigenvalue weighted by molar-refractivity contribution is -0.140. The van der Waals surface area contributed by atoms with Crippen LogP contribution < -0.4 is 14.2 Å². The average Bonchev–Trinajstić information content (AvgIpc) is 3.21. The number of furan rings is 1. The molecule has 0 fully saturated rings. The lowest BCUT2D eigenvalue weighted by Gasteiger charge is -2.12. The molecule has 178 valence electrons. The fraction of sp³-hybridized carbons (Fsp3) is 0.0769. The smallest absolute Gasteiger partial charge is 0.423 e. The van der Waals surface area contributed by atoms with Gasteiger partial charge < -0.3 is 18.6 Å². The zero-order valence-corrected chi connectivity index (χ0v) is 18.3. The van der Waals surface area contributed by atoms with Gasteiger partial charge in [0, 0.05) is 28.5 Å². The van der Waals surface area contributed by atoms with Crippen molar-refractivity contribution in [3.05, 3.63) is 79.4 Å². The Bertz CT molecular complexity index is 1480. The Morgan fingerprint density at radius 3 is 2.06 bits per heavy atom. The normalized spacial score (nSPS) is 11.3. The molecule has 0 bridgehead atoms. The Kier molecular flexibility index (Phi) is 6.09. The van der Waals surface area contributed by atoms with Crippen LogP contribution in [0.3, 0.4) is 0 Å². The van der Waals surface area contributed by atoms with E-state index < -0.39 is 35.0 Å². The summed E-state index contributed by atoms with van der Waals surface area (Å²) in [6.45, 7) is 6.54. The lowest BCUT2D eigenvalue weighted by Crippen LogP contribution is -2.12. The van der Waals surface area contributed by atoms with E-state index in [2.05, 4.69) is 13.2 Å². The molecule has 4 aromatic rings. The molecule has 0 N–H and O–H groups in total. The Morgan fingerprint density at radius 2 is 1.46 bits per heavy atom. The van der Waals surface area contributed by atoms with Gasteiger partial charge >= 0.3 is 18.1 Å². The molecule has 0 aliphatic carbocycles. The van der Waals surface area contributed by atoms with E-state index in [-0.39, 0.29) is 16.7 Å². The van der Waals surface area contributed by atoms with Crippen molar-refractivity contribution in [1.29, 1.82) is 0 Å². The molecule has 1 heterocycles. The second-order valence-electron chi connectivity index (χ2n) is 7.21. The summed E-state index contributed by atoms with van der Waals surface area (Å²) in [4.78, 5) is 23.0. The number of esters is 2. The second-order valence-corrected chi connectivity index (χ2v) is 7.21. The monoisotopic (exact) mass is 482 g/mol. The SMILES string of the molecule is C=CC(=O)Oc1ccc(-c2ccc3c(oc4c(C(F)(F)F)c(OC(=O)C=C)ccc43)c2OC)cc1. The van der Waals surface area contributed by atoms with Gasteiger partial charge in [0.15, 0.2) is 16.9 Å². The van der Waals surface area contributed by atoms with E-state index in [0.717, 1.165) is 18.2 Å². The van der Waals surface area contributed by atoms with Gasteiger partial charge in [-0.05, 0) is 42.0 Å². The first kappa shape index (κ1) is 23.6. The third kappa shape index (κ3) is 4.35. The van der Waals surface area contributed by atoms with Crippen LogP contribution in [0.5, 0.6) is 17.2 Å². The molecule has 0 saturated heterocycles. The summed E-state index contributed by atoms with van der Waals surface area (Å²) in [6, 6.07) is 12.2. The quantitative estimate of drug-likeness (QED) is 0.178. The van der Waals surface area contributed by atoms with Crippen LogP contribution in [0.2, 0.25) is 0 Å². The molecular weight excluding hydrogens is 465 g/mol. The molecule has 0 aliphatic heterocycles. The predicted octanol–water partition coefficient (Wildman–Crippen LogP) is 6.46. The minimum Gasteiger partial charge on any atom is -0.492 e. The van der Waals surface area contributed by atoms with E-state index in [1.54, 1.807) is 36.4 Å². The van der Waals surface area contributed by atoms with Crippen LogP contribution >= 0.6 is 0 Å². The molecule has 1 aromatic heterocycles. The first-order valence-electron chi connectivity index (χ1n) is 10.1. The maximum Gasteiger partial charge on any atom is 0.423 e. The fourth-order valence-electron chi connectivity index (χ4n) is 3.65. The third-order valence-corrected chi connectivity index (χ3v) is 5.14. The minimum atomic E-state index is -4.88. The van der Waals surface area contributed by atoms with Crippen LogP contribution in [0.4, 0.5) is 13.2 Å². The van der Waals surface area contributed by atoms with E-state index in [4.69, 9.17) is 18.6 Å². The number of rotatable bonds is 6. The molecule has 0 radical (unpaired) electrons. The van der Waals surface area contributed by atoms with Crippen LogP contribution in [0.1, 0.15) is 5.56 Å². The van der Waals surface area contributed by atoms with Gasteiger partial charge in [-0.25, -0.2) is 9.59 Å². The van der Waals surface area contributed by atoms with E-state index in [1.807, 2.05) is 0 Å². The first-order valence-corrected chi connectivity index (χ1v) is 10.1. The molecule has 35 heavy (non-hydrogen) atoms. The van der Waals surface area contributed by atoms with E-state index in [9.17, 15) is 22.8 Å². The minimum absolute atomic E-state index is 0.0832. The second kappa shape index (κ2) is 9.02. The molecule has 3 aromatic carbocycles. The van der Waals surface area contributed by atoms with Crippen molar-refractivity contribution in [3.63, 3.8) is 0 Å². The van der Waals surface area contributed by atoms with E-state index >= 15 is 0 Å². The summed E-state index contributed by atoms with van der Waals surface area (Å²) in [7, 11) is 1.37. The van der Waals surface area contributed by atoms with Crippen molar-refractivity contribution in [1.82, 2.24) is 0 Å². The van der Waals surface area contributed by atoms with Gasteiger partial charge in [-0.15, -0.1) is 0 Å². The van der Waals surface area contributed by atoms with Crippen LogP contribution in [-0.2, 0) is 15.8 Å². The average molecular weight is 482 g/mol. The van der Waals surface area contributed by atoms with Gasteiger partial charge in [0.1, 0.15) is 17.1 Å². The summed E-state index contributed by atoms with van der Waals surface area (Å²) >= 11 is 0. The molecular formula is C26H17F3O6. The number of benzene rings is 3. The van der Waals surface area contributed by atoms with Crippen molar-refractivity contribution in [2.75, 3.05) is 7.11 Å². The zero-order valence-electron chi connectivity index (χ0n) is 18.3. The van der Waals surface area contributed by atoms with Gasteiger partial charge in [0.05, 0.1) is 7.11 Å². The highest BCUT2D eigenvalue weighted by Crippen LogP contribution is 2.47. The highest BCUT2D eigenvalue weighted by atomic mass is 19.4. The highest BCUT2D eigenvalue weighted by molar-refractivity contribution is 6.10. The number of halogens is 3. The molecule has 4 rings (SSSR count). The largest absolute Gasteiger partial charge is 0.492 e. The number of fused-ring (bicyclic) bond motifs is 3. The summed E-state index contributed by atoms with van der Waals surface area (Å²) in [5.41, 5.74) is -0.464. The molecule has 0 saturated carbocycles. The van der Waals surface area contributed by atoms with E-state index in [1.165, 1.54) is 13.2 Å². The van der Waals surface area contributed by atoms with Crippen molar-refractivity contribution in [2.45, 2.75) is 6.18 Å². The van der Waals surface area contributed by atoms with Gasteiger partial charge in [-0.2, -0.15) is 13.2 Å². The summed E-state index contributed by atoms with van der Waals surface area (Å²) in [5, 5.41) is 0.548. The number of hydrogen-bond donors (Lipinski definition) is 0. The van der Waals surface area contributed by atoms with Crippen LogP contribution in [0.15, 0.2) is 78.3 Å². The summed E-state index contributed by atoms with van der Waals surface area (Å²) < 4.78 is 63.1. The molecule has 6 nitrogen and oxygen atoms in total. The van der Waals surface area contributed by atoms with E-state index in [0.29, 0.717) is 22.3 Å². The number of carbonyl (C=O) groups excluding carboxylic acids is 2. The number of alkyl halides is 3. The van der Waals surface area contributed by atoms with Crippen molar-refractivity contribution < 1.29 is 41.4 Å². The topological polar surface area (TPSA) is 75.0 Å². The molecule has 9 heteroatoms. The number of carbonyl (C=O) groups is 2. The Labute approximate surface area is 196 Å². The number of hydrogen-bond acceptors (Lipinski definition) is 6. The summed E-state index contributed by atoms with van der Waals surface area (Å²) in [5.74, 6) is -1.85. The van der Waals surface area contributed by atoms with Crippen LogP contribution in [-0.4, -0.2) is 19.0 Å². The Balaban J connectivity index is 1.90. The van der Waals surface area contributed by atoms with Crippen molar-refractivity contribution in [2.24, 2.45) is 0 Å². The van der Waals surface area contributed by atoms with Crippen LogP contribution in [0, 0.1) is 0 Å². The first-order chi connectivity index (χ1) is 16.7. The number of ether oxygens (including phenoxy) is 3. The van der Waals surface area contributed by atoms with Gasteiger partial charge in [-0.3, -0.25) is 0 Å². The molecule has 0 aliphatic rings. The fourth-order valence-corrected chi connectivity index (χ4v) is 3.65. The highest BCUT2D eigenvalue weighted by Gasteiger charge is 2.39. The zero-order chi connectivity index (χ0) is 25.3. The van der Waals surface area contributed by atoms with Gasteiger partial charge in [0.25, 0.3) is 0 Å². The van der Waals surface area contributed by atoms with Crippen LogP contribution in [0.25, 0.3) is 33.1 Å². The van der Waals surface area contributed by atoms with Gasteiger partial charge in [-0.1, -0.05) is 25.3 Å². The Morgan fingerprint density at radius 1 is 0.857 bits per heavy atom. The third-order valence-electron chi connectivity index (χ3n) is 5.14. The molecule has 0 amide bonds. The van der Waals surface area contributed by atoms with Gasteiger partial charge in [0.2, 0.25) is 0 Å². The standard InChI is InChI=1S/C26H17F3O6/c1-4-20(30)33-15-8-6-14(7-9-15)16-10-11-18-17-12-13-19(34-21(31)5-2)22(26(27,28)29)23(17)35-25(18)24(16)32-3/h4-13H,1-2H2,3H3. The molecule has 0 spiro atoms. The lowest BCUT2D eigenvalue weighted by atomic mass is 10.0. The maximum atomic E-state index is 14.0. The maximum absolute atomic E-state index is 14.0. The number of methoxy groups -OCH3 is 1. The predicted molar refractivity (Wildman–Crippen MR) is 122 cm³/mol. The Hall–Kier alpha value is -4.53. The van der Waals surface area contributed by atoms with Crippen molar-refractivity contribution in [3.8, 4) is 28.4 Å². The molecule has 0 unspecified atom stereocenters. The van der Waals surface area contributed by atoms with Crippen molar-refractivity contribution >= 4 is 33.9 Å². The summed E-state index contributed by atoms with van der Waals surface area (Å²) in [6.07, 6.45) is -3.08. The molecule has 0 atom stereocenters.